The van der Waals surface area contributed by atoms with Gasteiger partial charge in [-0.3, -0.25) is 19.7 Å². The molecule has 26 heavy (non-hydrogen) atoms. The summed E-state index contributed by atoms with van der Waals surface area (Å²) >= 11 is 0. The number of carbonyl (C=O) groups is 2. The van der Waals surface area contributed by atoms with Gasteiger partial charge in [-0.15, -0.1) is 5.10 Å². The number of hydrogen-bond acceptors (Lipinski definition) is 6. The van der Waals surface area contributed by atoms with E-state index in [1.54, 1.807) is 6.07 Å². The van der Waals surface area contributed by atoms with Gasteiger partial charge in [0.25, 0.3) is 11.6 Å². The Morgan fingerprint density at radius 2 is 2.12 bits per heavy atom. The highest BCUT2D eigenvalue weighted by molar-refractivity contribution is 5.92. The van der Waals surface area contributed by atoms with Gasteiger partial charge in [-0.1, -0.05) is 11.3 Å². The van der Waals surface area contributed by atoms with Gasteiger partial charge < -0.3 is 10.0 Å². The predicted octanol–water partition coefficient (Wildman–Crippen LogP) is 1.50. The second kappa shape index (κ2) is 6.90. The summed E-state index contributed by atoms with van der Waals surface area (Å²) < 4.78 is 1.28. The van der Waals surface area contributed by atoms with Crippen LogP contribution in [-0.4, -0.2) is 54.4 Å². The van der Waals surface area contributed by atoms with E-state index >= 15 is 0 Å². The fraction of sp³-hybridized carbons (Fsp3) is 0.375. The number of non-ortho nitro benzene ring substituents is 1. The Bertz CT molecular complexity index is 864. The van der Waals surface area contributed by atoms with Crippen molar-refractivity contribution in [1.29, 1.82) is 0 Å². The summed E-state index contributed by atoms with van der Waals surface area (Å²) in [5, 5.41) is 27.8. The van der Waals surface area contributed by atoms with E-state index in [4.69, 9.17) is 0 Å². The molecule has 136 valence electrons. The quantitative estimate of drug-likeness (QED) is 0.646. The molecule has 1 aromatic heterocycles. The van der Waals surface area contributed by atoms with Gasteiger partial charge in [0.05, 0.1) is 22.7 Å². The van der Waals surface area contributed by atoms with Crippen molar-refractivity contribution in [2.75, 3.05) is 6.54 Å². The maximum absolute atomic E-state index is 12.7. The molecule has 1 aromatic carbocycles. The number of nitro groups is 1. The molecular formula is C16H17N5O5. The smallest absolute Gasteiger partial charge is 0.308 e. The third-order valence-electron chi connectivity index (χ3n) is 4.51. The molecule has 0 spiro atoms. The molecule has 1 fully saturated rings. The van der Waals surface area contributed by atoms with Crippen molar-refractivity contribution in [3.63, 3.8) is 0 Å². The van der Waals surface area contributed by atoms with E-state index in [0.29, 0.717) is 18.5 Å². The van der Waals surface area contributed by atoms with Crippen LogP contribution >= 0.6 is 0 Å². The number of carbonyl (C=O) groups excluding carboxylic acids is 1. The standard InChI is InChI=1S/C16H17N5O5/c1-10-5-6-11(16(23)24)8-19(10)15(22)14-9-20(18-17-14)12-3-2-4-13(7-12)21(25)26/h2-4,7,9-11H,5-6,8H2,1H3,(H,23,24). The Balaban J connectivity index is 1.82. The number of benzene rings is 1. The summed E-state index contributed by atoms with van der Waals surface area (Å²) in [6.45, 7) is 1.99. The topological polar surface area (TPSA) is 131 Å². The van der Waals surface area contributed by atoms with Crippen molar-refractivity contribution in [3.8, 4) is 5.69 Å². The minimum absolute atomic E-state index is 0.0643. The van der Waals surface area contributed by atoms with Crippen LogP contribution in [0.25, 0.3) is 5.69 Å². The largest absolute Gasteiger partial charge is 0.481 e. The summed E-state index contributed by atoms with van der Waals surface area (Å²) in [5.41, 5.74) is 0.370. The van der Waals surface area contributed by atoms with E-state index in [1.807, 2.05) is 6.92 Å². The Morgan fingerprint density at radius 1 is 1.35 bits per heavy atom. The van der Waals surface area contributed by atoms with E-state index in [9.17, 15) is 24.8 Å². The van der Waals surface area contributed by atoms with E-state index in [1.165, 1.54) is 34.0 Å². The molecule has 2 aromatic rings. The number of amides is 1. The number of carboxylic acid groups (broad SMARTS) is 1. The van der Waals surface area contributed by atoms with Crippen molar-refractivity contribution >= 4 is 17.6 Å². The molecule has 1 amide bonds. The van der Waals surface area contributed by atoms with E-state index in [-0.39, 0.29) is 24.0 Å². The van der Waals surface area contributed by atoms with Crippen molar-refractivity contribution in [2.24, 2.45) is 5.92 Å². The van der Waals surface area contributed by atoms with Crippen molar-refractivity contribution < 1.29 is 19.6 Å². The second-order valence-corrected chi connectivity index (χ2v) is 6.24. The molecule has 10 heteroatoms. The van der Waals surface area contributed by atoms with Gasteiger partial charge in [0.2, 0.25) is 0 Å². The van der Waals surface area contributed by atoms with E-state index in [2.05, 4.69) is 10.3 Å². The molecule has 0 bridgehead atoms. The number of piperidine rings is 1. The lowest BCUT2D eigenvalue weighted by Gasteiger charge is -2.35. The summed E-state index contributed by atoms with van der Waals surface area (Å²) in [7, 11) is 0. The van der Waals surface area contributed by atoms with E-state index in [0.717, 1.165) is 0 Å². The molecule has 2 atom stereocenters. The fourth-order valence-electron chi connectivity index (χ4n) is 2.98. The van der Waals surface area contributed by atoms with Crippen LogP contribution in [0.3, 0.4) is 0 Å². The normalized spacial score (nSPS) is 20.0. The van der Waals surface area contributed by atoms with Crippen LogP contribution in [0.15, 0.2) is 30.5 Å². The summed E-state index contributed by atoms with van der Waals surface area (Å²) in [5.74, 6) is -1.92. The molecule has 1 aliphatic heterocycles. The molecule has 3 rings (SSSR count). The number of rotatable bonds is 4. The highest BCUT2D eigenvalue weighted by Crippen LogP contribution is 2.24. The molecule has 0 aliphatic carbocycles. The molecule has 1 N–H and O–H groups in total. The third kappa shape index (κ3) is 3.39. The molecule has 0 saturated carbocycles. The average Bonchev–Trinajstić information content (AvgIpc) is 3.11. The first-order chi connectivity index (χ1) is 12.4. The van der Waals surface area contributed by atoms with Crippen LogP contribution in [-0.2, 0) is 4.79 Å². The average molecular weight is 359 g/mol. The Kier molecular flexibility index (Phi) is 4.65. The van der Waals surface area contributed by atoms with Crippen LogP contribution in [0.5, 0.6) is 0 Å². The molecule has 1 aliphatic rings. The van der Waals surface area contributed by atoms with Gasteiger partial charge in [-0.05, 0) is 25.8 Å². The first kappa shape index (κ1) is 17.5. The number of carboxylic acids is 1. The maximum atomic E-state index is 12.7. The minimum atomic E-state index is -0.921. The fourth-order valence-corrected chi connectivity index (χ4v) is 2.98. The maximum Gasteiger partial charge on any atom is 0.308 e. The van der Waals surface area contributed by atoms with Gasteiger partial charge in [0.15, 0.2) is 5.69 Å². The number of nitro benzene ring substituents is 1. The molecule has 2 heterocycles. The van der Waals surface area contributed by atoms with Crippen molar-refractivity contribution in [2.45, 2.75) is 25.8 Å². The molecule has 10 nitrogen and oxygen atoms in total. The monoisotopic (exact) mass is 359 g/mol. The van der Waals surface area contributed by atoms with Gasteiger partial charge in [-0.2, -0.15) is 0 Å². The lowest BCUT2D eigenvalue weighted by Crippen LogP contribution is -2.47. The summed E-state index contributed by atoms with van der Waals surface area (Å²) in [6, 6.07) is 5.71. The number of aromatic nitrogens is 3. The SMILES string of the molecule is CC1CCC(C(=O)O)CN1C(=O)c1cn(-c2cccc([N+](=O)[O-])c2)nn1. The van der Waals surface area contributed by atoms with Crippen LogP contribution < -0.4 is 0 Å². The minimum Gasteiger partial charge on any atom is -0.481 e. The first-order valence-corrected chi connectivity index (χ1v) is 8.07. The number of hydrogen-bond donors (Lipinski definition) is 1. The Hall–Kier alpha value is -3.30. The predicted molar refractivity (Wildman–Crippen MR) is 88.9 cm³/mol. The first-order valence-electron chi connectivity index (χ1n) is 8.07. The lowest BCUT2D eigenvalue weighted by molar-refractivity contribution is -0.384. The molecule has 2 unspecified atom stereocenters. The zero-order valence-corrected chi connectivity index (χ0v) is 14.0. The zero-order chi connectivity index (χ0) is 18.8. The van der Waals surface area contributed by atoms with Crippen LogP contribution in [0.1, 0.15) is 30.3 Å². The molecule has 0 radical (unpaired) electrons. The number of likely N-dealkylation sites (tertiary alicyclic amines) is 1. The van der Waals surface area contributed by atoms with Gasteiger partial charge >= 0.3 is 5.97 Å². The van der Waals surface area contributed by atoms with Crippen LogP contribution in [0.4, 0.5) is 5.69 Å². The van der Waals surface area contributed by atoms with Crippen molar-refractivity contribution in [1.82, 2.24) is 19.9 Å². The van der Waals surface area contributed by atoms with Gasteiger partial charge in [0, 0.05) is 24.7 Å². The summed E-state index contributed by atoms with van der Waals surface area (Å²) in [4.78, 5) is 35.8. The van der Waals surface area contributed by atoms with Crippen molar-refractivity contribution in [3.05, 3.63) is 46.3 Å². The number of aliphatic carboxylic acids is 1. The Morgan fingerprint density at radius 3 is 2.81 bits per heavy atom. The highest BCUT2D eigenvalue weighted by Gasteiger charge is 2.34. The van der Waals surface area contributed by atoms with Crippen LogP contribution in [0, 0.1) is 16.0 Å². The molecular weight excluding hydrogens is 342 g/mol. The second-order valence-electron chi connectivity index (χ2n) is 6.24. The number of nitrogens with zero attached hydrogens (tertiary/aromatic N) is 5. The third-order valence-corrected chi connectivity index (χ3v) is 4.51. The van der Waals surface area contributed by atoms with Gasteiger partial charge in [0.1, 0.15) is 0 Å². The Labute approximate surface area is 148 Å². The zero-order valence-electron chi connectivity index (χ0n) is 14.0. The highest BCUT2D eigenvalue weighted by atomic mass is 16.6. The van der Waals surface area contributed by atoms with Crippen LogP contribution in [0.2, 0.25) is 0 Å². The summed E-state index contributed by atoms with van der Waals surface area (Å²) in [6.07, 6.45) is 2.51. The van der Waals surface area contributed by atoms with E-state index < -0.39 is 22.7 Å². The lowest BCUT2D eigenvalue weighted by atomic mass is 9.93. The van der Waals surface area contributed by atoms with Gasteiger partial charge in [-0.25, -0.2) is 4.68 Å². The molecule has 1 saturated heterocycles.